The minimum atomic E-state index is -3.77. The Kier molecular flexibility index (Phi) is 6.78. The molecule has 0 aliphatic heterocycles. The summed E-state index contributed by atoms with van der Waals surface area (Å²) in [6, 6.07) is 9.18. The van der Waals surface area contributed by atoms with E-state index < -0.39 is 22.0 Å². The number of hydrogen-bond acceptors (Lipinski definition) is 5. The van der Waals surface area contributed by atoms with Crippen molar-refractivity contribution in [3.05, 3.63) is 56.7 Å². The van der Waals surface area contributed by atoms with Gasteiger partial charge in [0.1, 0.15) is 6.04 Å². The van der Waals surface area contributed by atoms with E-state index >= 15 is 0 Å². The average Bonchev–Trinajstić information content (AvgIpc) is 3.01. The summed E-state index contributed by atoms with van der Waals surface area (Å²) in [5.41, 5.74) is 2.35. The van der Waals surface area contributed by atoms with Gasteiger partial charge in [-0.1, -0.05) is 35.9 Å². The molecule has 1 N–H and O–H groups in total. The number of anilines is 2. The quantitative estimate of drug-likeness (QED) is 0.547. The molecule has 0 aliphatic rings. The number of nitrogens with zero attached hydrogens (tertiary/aromatic N) is 2. The number of rotatable bonds is 7. The van der Waals surface area contributed by atoms with Gasteiger partial charge < -0.3 is 5.32 Å². The zero-order valence-corrected chi connectivity index (χ0v) is 20.1. The van der Waals surface area contributed by atoms with Gasteiger partial charge in [-0.3, -0.25) is 18.5 Å². The first kappa shape index (κ1) is 23.3. The molecule has 0 saturated heterocycles. The van der Waals surface area contributed by atoms with Crippen LogP contribution in [0.15, 0.2) is 41.2 Å². The second-order valence-electron chi connectivity index (χ2n) is 7.20. The third-order valence-electron chi connectivity index (χ3n) is 4.99. The summed E-state index contributed by atoms with van der Waals surface area (Å²) in [5, 5.41) is 3.19. The molecule has 1 atom stereocenters. The third kappa shape index (κ3) is 4.78. The summed E-state index contributed by atoms with van der Waals surface area (Å²) in [6.45, 7) is 5.97. The fourth-order valence-electron chi connectivity index (χ4n) is 3.52. The minimum Gasteiger partial charge on any atom is -0.324 e. The van der Waals surface area contributed by atoms with Crippen LogP contribution in [0.2, 0.25) is 5.02 Å². The van der Waals surface area contributed by atoms with Crippen LogP contribution in [-0.2, 0) is 21.4 Å². The smallest absolute Gasteiger partial charge is 0.308 e. The SMILES string of the molecule is CC[C@@H](C(=O)Nc1ccc2c(c1)sc(=O)n2CC)N(c1cc(Cl)ccc1C)S(C)(=O)=O. The van der Waals surface area contributed by atoms with Gasteiger partial charge in [-0.05, 0) is 56.2 Å². The van der Waals surface area contributed by atoms with Crippen molar-refractivity contribution in [2.24, 2.45) is 0 Å². The van der Waals surface area contributed by atoms with Crippen molar-refractivity contribution in [2.45, 2.75) is 39.8 Å². The van der Waals surface area contributed by atoms with Crippen molar-refractivity contribution in [3.8, 4) is 0 Å². The largest absolute Gasteiger partial charge is 0.324 e. The topological polar surface area (TPSA) is 88.5 Å². The maximum Gasteiger partial charge on any atom is 0.308 e. The second-order valence-corrected chi connectivity index (χ2v) is 10.5. The fourth-order valence-corrected chi connectivity index (χ4v) is 5.95. The molecule has 10 heteroatoms. The molecule has 7 nitrogen and oxygen atoms in total. The maximum absolute atomic E-state index is 13.2. The van der Waals surface area contributed by atoms with Crippen molar-refractivity contribution in [1.82, 2.24) is 4.57 Å². The molecule has 0 unspecified atom stereocenters. The zero-order valence-electron chi connectivity index (χ0n) is 17.7. The van der Waals surface area contributed by atoms with E-state index in [-0.39, 0.29) is 11.3 Å². The Morgan fingerprint density at radius 3 is 2.55 bits per heavy atom. The highest BCUT2D eigenvalue weighted by Gasteiger charge is 2.32. The van der Waals surface area contributed by atoms with Gasteiger partial charge in [0.15, 0.2) is 0 Å². The number of carbonyl (C=O) groups is 1. The van der Waals surface area contributed by atoms with Gasteiger partial charge in [0.25, 0.3) is 0 Å². The molecule has 0 bridgehead atoms. The first-order valence-corrected chi connectivity index (χ1v) is 12.8. The lowest BCUT2D eigenvalue weighted by Crippen LogP contribution is -2.47. The number of hydrogen-bond donors (Lipinski definition) is 1. The van der Waals surface area contributed by atoms with Gasteiger partial charge in [-0.2, -0.15) is 0 Å². The normalized spacial score (nSPS) is 12.7. The lowest BCUT2D eigenvalue weighted by atomic mass is 10.1. The summed E-state index contributed by atoms with van der Waals surface area (Å²) >= 11 is 7.21. The molecule has 2 aromatic carbocycles. The molecule has 3 rings (SSSR count). The predicted molar refractivity (Wildman–Crippen MR) is 128 cm³/mol. The molecular formula is C21H24ClN3O4S2. The van der Waals surface area contributed by atoms with E-state index in [4.69, 9.17) is 11.6 Å². The molecule has 0 saturated carbocycles. The predicted octanol–water partition coefficient (Wildman–Crippen LogP) is 4.23. The van der Waals surface area contributed by atoms with E-state index in [2.05, 4.69) is 5.32 Å². The van der Waals surface area contributed by atoms with E-state index in [1.165, 1.54) is 0 Å². The summed E-state index contributed by atoms with van der Waals surface area (Å²) in [4.78, 5) is 25.2. The molecule has 1 heterocycles. The van der Waals surface area contributed by atoms with Crippen LogP contribution in [-0.4, -0.2) is 31.2 Å². The van der Waals surface area contributed by atoms with Crippen LogP contribution in [0.5, 0.6) is 0 Å². The van der Waals surface area contributed by atoms with Crippen molar-refractivity contribution in [3.63, 3.8) is 0 Å². The number of nitrogens with one attached hydrogen (secondary N) is 1. The fraction of sp³-hybridized carbons (Fsp3) is 0.333. The van der Waals surface area contributed by atoms with Gasteiger partial charge in [-0.15, -0.1) is 0 Å². The number of aryl methyl sites for hydroxylation is 2. The summed E-state index contributed by atoms with van der Waals surface area (Å²) in [6.07, 6.45) is 1.33. The Morgan fingerprint density at radius 2 is 1.94 bits per heavy atom. The van der Waals surface area contributed by atoms with E-state index in [1.54, 1.807) is 54.8 Å². The van der Waals surface area contributed by atoms with E-state index in [0.29, 0.717) is 28.5 Å². The monoisotopic (exact) mass is 481 g/mol. The van der Waals surface area contributed by atoms with Crippen LogP contribution in [0.25, 0.3) is 10.2 Å². The Balaban J connectivity index is 1.98. The van der Waals surface area contributed by atoms with E-state index in [0.717, 1.165) is 32.1 Å². The first-order valence-electron chi connectivity index (χ1n) is 9.76. The van der Waals surface area contributed by atoms with Crippen LogP contribution in [0.3, 0.4) is 0 Å². The molecule has 0 aliphatic carbocycles. The van der Waals surface area contributed by atoms with Crippen molar-refractivity contribution in [2.75, 3.05) is 15.9 Å². The van der Waals surface area contributed by atoms with Crippen LogP contribution in [0.4, 0.5) is 11.4 Å². The van der Waals surface area contributed by atoms with Crippen molar-refractivity contribution >= 4 is 60.5 Å². The standard InChI is InChI=1S/C21H24ClN3O4S2/c1-5-16(25(31(4,28)29)18-11-14(22)8-7-13(18)3)20(26)23-15-9-10-17-19(12-15)30-21(27)24(17)6-2/h7-12,16H,5-6H2,1-4H3,(H,23,26)/t16-/m0/s1. The number of fused-ring (bicyclic) bond motifs is 1. The van der Waals surface area contributed by atoms with Gasteiger partial charge in [0.2, 0.25) is 15.9 Å². The van der Waals surface area contributed by atoms with Gasteiger partial charge in [0, 0.05) is 17.3 Å². The van der Waals surface area contributed by atoms with Crippen LogP contribution in [0.1, 0.15) is 25.8 Å². The van der Waals surface area contributed by atoms with E-state index in [1.807, 2.05) is 6.92 Å². The van der Waals surface area contributed by atoms with Crippen LogP contribution < -0.4 is 14.5 Å². The maximum atomic E-state index is 13.2. The number of sulfonamides is 1. The lowest BCUT2D eigenvalue weighted by Gasteiger charge is -2.31. The van der Waals surface area contributed by atoms with Crippen molar-refractivity contribution in [1.29, 1.82) is 0 Å². The zero-order chi connectivity index (χ0) is 22.9. The number of aromatic nitrogens is 1. The van der Waals surface area contributed by atoms with Crippen molar-refractivity contribution < 1.29 is 13.2 Å². The molecule has 31 heavy (non-hydrogen) atoms. The summed E-state index contributed by atoms with van der Waals surface area (Å²) in [7, 11) is -3.77. The van der Waals surface area contributed by atoms with Gasteiger partial charge >= 0.3 is 4.87 Å². The summed E-state index contributed by atoms with van der Waals surface area (Å²) < 4.78 is 28.9. The molecule has 1 aromatic heterocycles. The summed E-state index contributed by atoms with van der Waals surface area (Å²) in [5.74, 6) is -0.464. The molecule has 0 radical (unpaired) electrons. The van der Waals surface area contributed by atoms with Gasteiger partial charge in [0.05, 0.1) is 22.2 Å². The second kappa shape index (κ2) is 9.02. The Morgan fingerprint density at radius 1 is 1.23 bits per heavy atom. The third-order valence-corrected chi connectivity index (χ3v) is 7.33. The highest BCUT2D eigenvalue weighted by Crippen LogP contribution is 2.30. The first-order chi connectivity index (χ1) is 14.6. The number of halogens is 1. The molecular weight excluding hydrogens is 458 g/mol. The highest BCUT2D eigenvalue weighted by molar-refractivity contribution is 7.92. The molecule has 0 fully saturated rings. The number of thiazole rings is 1. The van der Waals surface area contributed by atoms with Crippen LogP contribution in [0, 0.1) is 6.92 Å². The Hall–Kier alpha value is -2.36. The van der Waals surface area contributed by atoms with E-state index in [9.17, 15) is 18.0 Å². The van der Waals surface area contributed by atoms with Gasteiger partial charge in [-0.25, -0.2) is 8.42 Å². The number of benzene rings is 2. The molecule has 0 spiro atoms. The molecule has 1 amide bonds. The average molecular weight is 482 g/mol. The minimum absolute atomic E-state index is 0.0629. The Bertz CT molecular complexity index is 1300. The highest BCUT2D eigenvalue weighted by atomic mass is 35.5. The number of carbonyl (C=O) groups excluding carboxylic acids is 1. The number of amides is 1. The molecule has 3 aromatic rings. The molecule has 166 valence electrons. The lowest BCUT2D eigenvalue weighted by molar-refractivity contribution is -0.117. The van der Waals surface area contributed by atoms with Crippen LogP contribution >= 0.6 is 22.9 Å². The Labute approximate surface area is 190 Å².